The van der Waals surface area contributed by atoms with Gasteiger partial charge in [-0.15, -0.1) is 0 Å². The van der Waals surface area contributed by atoms with Crippen LogP contribution < -0.4 is 0 Å². The first kappa shape index (κ1) is 15.0. The molecule has 0 aliphatic heterocycles. The summed E-state index contributed by atoms with van der Waals surface area (Å²) in [7, 11) is 0. The summed E-state index contributed by atoms with van der Waals surface area (Å²) in [6.07, 6.45) is 3.55. The SMILES string of the molecule is O=C/C(=C/c1ccc(-c2ccccc2)cc1)Cc1ccccc1. The Morgan fingerprint density at radius 3 is 1.87 bits per heavy atom. The van der Waals surface area contributed by atoms with Crippen molar-refractivity contribution in [2.24, 2.45) is 0 Å². The highest BCUT2D eigenvalue weighted by molar-refractivity contribution is 5.82. The highest BCUT2D eigenvalue weighted by atomic mass is 16.1. The van der Waals surface area contributed by atoms with Crippen LogP contribution in [0.25, 0.3) is 17.2 Å². The molecule has 0 unspecified atom stereocenters. The number of carbonyl (C=O) groups excluding carboxylic acids is 1. The first-order valence-corrected chi connectivity index (χ1v) is 7.70. The number of hydrogen-bond donors (Lipinski definition) is 0. The van der Waals surface area contributed by atoms with Crippen LogP contribution in [-0.2, 0) is 11.2 Å². The third kappa shape index (κ3) is 4.04. The van der Waals surface area contributed by atoms with E-state index in [1.165, 1.54) is 11.1 Å². The van der Waals surface area contributed by atoms with E-state index in [0.717, 1.165) is 23.0 Å². The van der Waals surface area contributed by atoms with Crippen LogP contribution in [0.4, 0.5) is 0 Å². The van der Waals surface area contributed by atoms with Crippen molar-refractivity contribution in [3.8, 4) is 11.1 Å². The van der Waals surface area contributed by atoms with Crippen LogP contribution in [0.1, 0.15) is 11.1 Å². The van der Waals surface area contributed by atoms with Crippen LogP contribution >= 0.6 is 0 Å². The zero-order valence-corrected chi connectivity index (χ0v) is 12.9. The number of carbonyl (C=O) groups is 1. The molecule has 0 radical (unpaired) electrons. The Hall–Kier alpha value is -2.93. The third-order valence-electron chi connectivity index (χ3n) is 3.77. The molecule has 0 N–H and O–H groups in total. The standard InChI is InChI=1S/C22H18O/c23-17-20(15-18-7-3-1-4-8-18)16-19-11-13-22(14-12-19)21-9-5-2-6-10-21/h1-14,16-17H,15H2/b20-16+. The molecule has 0 aromatic heterocycles. The third-order valence-corrected chi connectivity index (χ3v) is 3.77. The van der Waals surface area contributed by atoms with Crippen LogP contribution in [0.15, 0.2) is 90.5 Å². The summed E-state index contributed by atoms with van der Waals surface area (Å²) in [5.74, 6) is 0. The molecule has 0 saturated heterocycles. The van der Waals surface area contributed by atoms with Gasteiger partial charge in [0.05, 0.1) is 0 Å². The minimum atomic E-state index is 0.658. The van der Waals surface area contributed by atoms with Gasteiger partial charge in [-0.05, 0) is 33.9 Å². The van der Waals surface area contributed by atoms with Gasteiger partial charge in [-0.3, -0.25) is 4.79 Å². The van der Waals surface area contributed by atoms with E-state index in [1.54, 1.807) is 0 Å². The summed E-state index contributed by atoms with van der Waals surface area (Å²) in [6, 6.07) is 28.6. The van der Waals surface area contributed by atoms with E-state index in [9.17, 15) is 4.79 Å². The number of hydrogen-bond acceptors (Lipinski definition) is 1. The summed E-state index contributed by atoms with van der Waals surface area (Å²) >= 11 is 0. The van der Waals surface area contributed by atoms with E-state index in [2.05, 4.69) is 36.4 Å². The van der Waals surface area contributed by atoms with Crippen molar-refractivity contribution in [2.75, 3.05) is 0 Å². The van der Waals surface area contributed by atoms with Gasteiger partial charge in [-0.2, -0.15) is 0 Å². The highest BCUT2D eigenvalue weighted by Crippen LogP contribution is 2.20. The first-order chi connectivity index (χ1) is 11.3. The average Bonchev–Trinajstić information content (AvgIpc) is 2.63. The zero-order chi connectivity index (χ0) is 15.9. The fraction of sp³-hybridized carbons (Fsp3) is 0.0455. The molecule has 3 aromatic carbocycles. The van der Waals surface area contributed by atoms with Crippen LogP contribution in [0, 0.1) is 0 Å². The molecule has 23 heavy (non-hydrogen) atoms. The minimum Gasteiger partial charge on any atom is -0.298 e. The van der Waals surface area contributed by atoms with Gasteiger partial charge in [0, 0.05) is 6.42 Å². The van der Waals surface area contributed by atoms with Crippen LogP contribution in [-0.4, -0.2) is 6.29 Å². The summed E-state index contributed by atoms with van der Waals surface area (Å²) in [4.78, 5) is 11.3. The van der Waals surface area contributed by atoms with Gasteiger partial charge in [0.15, 0.2) is 0 Å². The van der Waals surface area contributed by atoms with E-state index in [-0.39, 0.29) is 0 Å². The fourth-order valence-corrected chi connectivity index (χ4v) is 2.57. The van der Waals surface area contributed by atoms with Gasteiger partial charge in [0.25, 0.3) is 0 Å². The molecule has 0 amide bonds. The number of benzene rings is 3. The second-order valence-corrected chi connectivity index (χ2v) is 5.49. The van der Waals surface area contributed by atoms with E-state index < -0.39 is 0 Å². The Labute approximate surface area is 136 Å². The largest absolute Gasteiger partial charge is 0.298 e. The summed E-state index contributed by atoms with van der Waals surface area (Å²) < 4.78 is 0. The monoisotopic (exact) mass is 298 g/mol. The highest BCUT2D eigenvalue weighted by Gasteiger charge is 2.00. The first-order valence-electron chi connectivity index (χ1n) is 7.70. The molecule has 0 heterocycles. The maximum atomic E-state index is 11.3. The molecule has 0 atom stereocenters. The van der Waals surface area contributed by atoms with Crippen molar-refractivity contribution < 1.29 is 4.79 Å². The Bertz CT molecular complexity index is 784. The molecule has 112 valence electrons. The molecule has 0 aliphatic carbocycles. The Kier molecular flexibility index (Phi) is 4.80. The lowest BCUT2D eigenvalue weighted by molar-refractivity contribution is -0.104. The molecule has 0 fully saturated rings. The Morgan fingerprint density at radius 2 is 1.26 bits per heavy atom. The van der Waals surface area contributed by atoms with Crippen molar-refractivity contribution in [1.29, 1.82) is 0 Å². The smallest absolute Gasteiger partial charge is 0.146 e. The molecular formula is C22H18O. The molecule has 0 spiro atoms. The number of aldehydes is 1. The predicted molar refractivity (Wildman–Crippen MR) is 96.1 cm³/mol. The van der Waals surface area contributed by atoms with Gasteiger partial charge >= 0.3 is 0 Å². The van der Waals surface area contributed by atoms with Crippen molar-refractivity contribution in [3.63, 3.8) is 0 Å². The summed E-state index contributed by atoms with van der Waals surface area (Å²) in [5, 5.41) is 0. The maximum Gasteiger partial charge on any atom is 0.146 e. The summed E-state index contributed by atoms with van der Waals surface area (Å²) in [5.41, 5.74) is 5.35. The van der Waals surface area contributed by atoms with E-state index in [0.29, 0.717) is 6.42 Å². The number of rotatable bonds is 5. The van der Waals surface area contributed by atoms with Gasteiger partial charge in [-0.1, -0.05) is 84.9 Å². The van der Waals surface area contributed by atoms with Crippen molar-refractivity contribution in [3.05, 3.63) is 102 Å². The lowest BCUT2D eigenvalue weighted by Crippen LogP contribution is -1.92. The Morgan fingerprint density at radius 1 is 0.696 bits per heavy atom. The van der Waals surface area contributed by atoms with Crippen molar-refractivity contribution in [2.45, 2.75) is 6.42 Å². The molecule has 1 nitrogen and oxygen atoms in total. The molecule has 0 bridgehead atoms. The zero-order valence-electron chi connectivity index (χ0n) is 12.9. The molecular weight excluding hydrogens is 280 g/mol. The normalized spacial score (nSPS) is 11.2. The fourth-order valence-electron chi connectivity index (χ4n) is 2.57. The summed E-state index contributed by atoms with van der Waals surface area (Å²) in [6.45, 7) is 0. The number of allylic oxidation sites excluding steroid dienone is 1. The molecule has 3 rings (SSSR count). The van der Waals surface area contributed by atoms with Crippen LogP contribution in [0.5, 0.6) is 0 Å². The second-order valence-electron chi connectivity index (χ2n) is 5.49. The predicted octanol–water partition coefficient (Wildman–Crippen LogP) is 5.18. The molecule has 3 aromatic rings. The van der Waals surface area contributed by atoms with Gasteiger partial charge in [0.2, 0.25) is 0 Å². The minimum absolute atomic E-state index is 0.658. The van der Waals surface area contributed by atoms with Gasteiger partial charge in [0.1, 0.15) is 6.29 Å². The molecule has 1 heteroatoms. The van der Waals surface area contributed by atoms with Crippen LogP contribution in [0.3, 0.4) is 0 Å². The van der Waals surface area contributed by atoms with Crippen molar-refractivity contribution >= 4 is 12.4 Å². The van der Waals surface area contributed by atoms with E-state index in [1.807, 2.05) is 54.6 Å². The van der Waals surface area contributed by atoms with Gasteiger partial charge in [-0.25, -0.2) is 0 Å². The van der Waals surface area contributed by atoms with Gasteiger partial charge < -0.3 is 0 Å². The van der Waals surface area contributed by atoms with Crippen LogP contribution in [0.2, 0.25) is 0 Å². The van der Waals surface area contributed by atoms with E-state index >= 15 is 0 Å². The molecule has 0 aliphatic rings. The van der Waals surface area contributed by atoms with Crippen molar-refractivity contribution in [1.82, 2.24) is 0 Å². The Balaban J connectivity index is 1.79. The molecule has 0 saturated carbocycles. The lowest BCUT2D eigenvalue weighted by Gasteiger charge is -2.04. The second kappa shape index (κ2) is 7.37. The quantitative estimate of drug-likeness (QED) is 0.468. The maximum absolute atomic E-state index is 11.3. The lowest BCUT2D eigenvalue weighted by atomic mass is 10.0. The average molecular weight is 298 g/mol. The topological polar surface area (TPSA) is 17.1 Å². The van der Waals surface area contributed by atoms with E-state index in [4.69, 9.17) is 0 Å².